The minimum atomic E-state index is -3.97. The number of rotatable bonds is 6. The number of aromatic nitrogens is 2. The van der Waals surface area contributed by atoms with Crippen LogP contribution >= 0.6 is 11.5 Å². The minimum Gasteiger partial charge on any atom is -0.461 e. The van der Waals surface area contributed by atoms with Gasteiger partial charge in [-0.15, -0.1) is 5.10 Å². The van der Waals surface area contributed by atoms with E-state index in [9.17, 15) is 22.4 Å². The Kier molecular flexibility index (Phi) is 6.55. The van der Waals surface area contributed by atoms with Gasteiger partial charge in [0.05, 0.1) is 6.61 Å². The molecular formula is C17H19FN4O5S2. The Balaban J connectivity index is 1.63. The van der Waals surface area contributed by atoms with Crippen LogP contribution in [0.25, 0.3) is 0 Å². The summed E-state index contributed by atoms with van der Waals surface area (Å²) in [5.74, 6) is -2.30. The number of hydrogen-bond acceptors (Lipinski definition) is 8. The van der Waals surface area contributed by atoms with E-state index in [0.717, 1.165) is 17.6 Å². The molecule has 156 valence electrons. The molecule has 0 bridgehead atoms. The normalized spacial score (nSPS) is 15.8. The van der Waals surface area contributed by atoms with E-state index in [1.54, 1.807) is 6.92 Å². The molecule has 2 aromatic rings. The SMILES string of the molecule is CCOC(=O)c1nnsc1NC(=O)C1CCN(S(=O)(=O)c2ccccc2F)CC1. The Bertz CT molecular complexity index is 1000. The molecule has 0 spiro atoms. The number of hydrogen-bond donors (Lipinski definition) is 1. The fourth-order valence-electron chi connectivity index (χ4n) is 2.97. The van der Waals surface area contributed by atoms with Gasteiger partial charge in [0, 0.05) is 30.5 Å². The zero-order valence-electron chi connectivity index (χ0n) is 15.5. The molecule has 0 saturated carbocycles. The molecule has 0 atom stereocenters. The fourth-order valence-corrected chi connectivity index (χ4v) is 5.07. The smallest absolute Gasteiger partial charge is 0.362 e. The highest BCUT2D eigenvalue weighted by atomic mass is 32.2. The second kappa shape index (κ2) is 8.93. The van der Waals surface area contributed by atoms with Crippen molar-refractivity contribution in [2.45, 2.75) is 24.7 Å². The number of amides is 1. The monoisotopic (exact) mass is 442 g/mol. The third kappa shape index (κ3) is 4.60. The number of piperidine rings is 1. The molecule has 1 aliphatic rings. The zero-order chi connectivity index (χ0) is 21.0. The first kappa shape index (κ1) is 21.3. The van der Waals surface area contributed by atoms with E-state index in [1.165, 1.54) is 22.5 Å². The van der Waals surface area contributed by atoms with Crippen LogP contribution in [0.1, 0.15) is 30.3 Å². The molecule has 1 aromatic heterocycles. The molecule has 0 unspecified atom stereocenters. The summed E-state index contributed by atoms with van der Waals surface area (Å²) in [6, 6.07) is 5.19. The average molecular weight is 442 g/mol. The molecule has 1 aromatic carbocycles. The number of carbonyl (C=O) groups excluding carboxylic acids is 2. The van der Waals surface area contributed by atoms with Gasteiger partial charge < -0.3 is 10.1 Å². The van der Waals surface area contributed by atoms with E-state index in [4.69, 9.17) is 4.74 Å². The molecule has 12 heteroatoms. The molecule has 29 heavy (non-hydrogen) atoms. The summed E-state index contributed by atoms with van der Waals surface area (Å²) in [5.41, 5.74) is -0.0650. The number of sulfonamides is 1. The Morgan fingerprint density at radius 1 is 1.31 bits per heavy atom. The van der Waals surface area contributed by atoms with Crippen molar-refractivity contribution in [2.75, 3.05) is 25.0 Å². The topological polar surface area (TPSA) is 119 Å². The van der Waals surface area contributed by atoms with Crippen molar-refractivity contribution in [1.29, 1.82) is 0 Å². The average Bonchev–Trinajstić information content (AvgIpc) is 3.16. The van der Waals surface area contributed by atoms with Gasteiger partial charge in [0.1, 0.15) is 10.7 Å². The lowest BCUT2D eigenvalue weighted by molar-refractivity contribution is -0.120. The minimum absolute atomic E-state index is 0.0650. The van der Waals surface area contributed by atoms with E-state index in [2.05, 4.69) is 14.9 Å². The second-order valence-electron chi connectivity index (χ2n) is 6.27. The molecule has 0 radical (unpaired) electrons. The summed E-state index contributed by atoms with van der Waals surface area (Å²) in [7, 11) is -3.97. The standard InChI is InChI=1S/C17H19FN4O5S2/c1-2-27-17(24)14-16(28-21-20-14)19-15(23)11-7-9-22(10-8-11)29(25,26)13-6-4-3-5-12(13)18/h3-6,11H,2,7-10H2,1H3,(H,19,23). The number of anilines is 1. The highest BCUT2D eigenvalue weighted by Crippen LogP contribution is 2.27. The van der Waals surface area contributed by atoms with Crippen LogP contribution in [0, 0.1) is 11.7 Å². The lowest BCUT2D eigenvalue weighted by Gasteiger charge is -2.30. The summed E-state index contributed by atoms with van der Waals surface area (Å²) >= 11 is 0.858. The Labute approximate surface area is 171 Å². The number of esters is 1. The van der Waals surface area contributed by atoms with Crippen molar-refractivity contribution in [3.63, 3.8) is 0 Å². The molecule has 1 saturated heterocycles. The van der Waals surface area contributed by atoms with Crippen LogP contribution in [0.5, 0.6) is 0 Å². The van der Waals surface area contributed by atoms with Gasteiger partial charge in [0.2, 0.25) is 21.6 Å². The zero-order valence-corrected chi connectivity index (χ0v) is 17.1. The van der Waals surface area contributed by atoms with Crippen LogP contribution < -0.4 is 5.32 Å². The third-order valence-electron chi connectivity index (χ3n) is 4.47. The predicted octanol–water partition coefficient (Wildman–Crippen LogP) is 1.89. The summed E-state index contributed by atoms with van der Waals surface area (Å²) in [6.07, 6.45) is 0.529. The summed E-state index contributed by atoms with van der Waals surface area (Å²) < 4.78 is 48.9. The second-order valence-corrected chi connectivity index (χ2v) is 8.93. The van der Waals surface area contributed by atoms with Gasteiger partial charge in [0.25, 0.3) is 0 Å². The molecule has 1 aliphatic heterocycles. The summed E-state index contributed by atoms with van der Waals surface area (Å²) in [6.45, 7) is 1.98. The highest BCUT2D eigenvalue weighted by Gasteiger charge is 2.34. The molecule has 1 amide bonds. The lowest BCUT2D eigenvalue weighted by atomic mass is 9.97. The van der Waals surface area contributed by atoms with Gasteiger partial charge in [-0.05, 0) is 31.9 Å². The van der Waals surface area contributed by atoms with E-state index in [0.29, 0.717) is 0 Å². The maximum absolute atomic E-state index is 13.9. The Morgan fingerprint density at radius 2 is 2.00 bits per heavy atom. The molecule has 1 fully saturated rings. The number of halogens is 1. The van der Waals surface area contributed by atoms with Crippen molar-refractivity contribution in [3.05, 3.63) is 35.8 Å². The van der Waals surface area contributed by atoms with Gasteiger partial charge in [-0.3, -0.25) is 4.79 Å². The molecule has 3 rings (SSSR count). The number of ether oxygens (including phenoxy) is 1. The van der Waals surface area contributed by atoms with Crippen molar-refractivity contribution >= 4 is 38.4 Å². The van der Waals surface area contributed by atoms with Crippen LogP contribution in [0.15, 0.2) is 29.2 Å². The van der Waals surface area contributed by atoms with Gasteiger partial charge in [-0.1, -0.05) is 16.6 Å². The first-order chi connectivity index (χ1) is 13.8. The van der Waals surface area contributed by atoms with Crippen LogP contribution in [-0.4, -0.2) is 53.9 Å². The summed E-state index contributed by atoms with van der Waals surface area (Å²) in [4.78, 5) is 24.0. The highest BCUT2D eigenvalue weighted by molar-refractivity contribution is 7.89. The molecule has 1 N–H and O–H groups in total. The van der Waals surface area contributed by atoms with E-state index in [1.807, 2.05) is 0 Å². The van der Waals surface area contributed by atoms with E-state index >= 15 is 0 Å². The van der Waals surface area contributed by atoms with Crippen molar-refractivity contribution in [3.8, 4) is 0 Å². The molecule has 2 heterocycles. The summed E-state index contributed by atoms with van der Waals surface area (Å²) in [5, 5.41) is 6.48. The van der Waals surface area contributed by atoms with Crippen molar-refractivity contribution < 1.29 is 27.1 Å². The van der Waals surface area contributed by atoms with E-state index < -0.39 is 27.7 Å². The van der Waals surface area contributed by atoms with Gasteiger partial charge in [-0.2, -0.15) is 4.31 Å². The van der Waals surface area contributed by atoms with Crippen LogP contribution in [-0.2, 0) is 19.6 Å². The first-order valence-corrected chi connectivity index (χ1v) is 11.1. The fraction of sp³-hybridized carbons (Fsp3) is 0.412. The molecule has 0 aliphatic carbocycles. The number of benzene rings is 1. The lowest BCUT2D eigenvalue weighted by Crippen LogP contribution is -2.41. The molecular weight excluding hydrogens is 423 g/mol. The largest absolute Gasteiger partial charge is 0.461 e. The Hall–Kier alpha value is -2.44. The quantitative estimate of drug-likeness (QED) is 0.679. The molecule has 9 nitrogen and oxygen atoms in total. The van der Waals surface area contributed by atoms with Gasteiger partial charge >= 0.3 is 5.97 Å². The van der Waals surface area contributed by atoms with Crippen LogP contribution in [0.4, 0.5) is 9.39 Å². The van der Waals surface area contributed by atoms with Gasteiger partial charge in [-0.25, -0.2) is 17.6 Å². The first-order valence-electron chi connectivity index (χ1n) is 8.89. The van der Waals surface area contributed by atoms with Crippen LogP contribution in [0.3, 0.4) is 0 Å². The Morgan fingerprint density at radius 3 is 2.66 bits per heavy atom. The van der Waals surface area contributed by atoms with E-state index in [-0.39, 0.29) is 54.0 Å². The van der Waals surface area contributed by atoms with Crippen molar-refractivity contribution in [2.24, 2.45) is 5.92 Å². The number of nitrogens with one attached hydrogen (secondary N) is 1. The number of nitrogens with zero attached hydrogens (tertiary/aromatic N) is 3. The van der Waals surface area contributed by atoms with Crippen molar-refractivity contribution in [1.82, 2.24) is 13.9 Å². The number of carbonyl (C=O) groups is 2. The van der Waals surface area contributed by atoms with Gasteiger partial charge in [0.15, 0.2) is 5.00 Å². The third-order valence-corrected chi connectivity index (χ3v) is 7.05. The maximum atomic E-state index is 13.9. The maximum Gasteiger partial charge on any atom is 0.362 e. The van der Waals surface area contributed by atoms with Crippen LogP contribution in [0.2, 0.25) is 0 Å². The predicted molar refractivity (Wildman–Crippen MR) is 102 cm³/mol.